The van der Waals surface area contributed by atoms with Crippen LogP contribution in [0.4, 0.5) is 5.69 Å². The first-order valence-electron chi connectivity index (χ1n) is 10.4. The lowest BCUT2D eigenvalue weighted by Crippen LogP contribution is -2.25. The average molecular weight is 370 g/mol. The number of hydrogen-bond acceptors (Lipinski definition) is 3. The Balaban J connectivity index is 1.72. The van der Waals surface area contributed by atoms with Gasteiger partial charge < -0.3 is 14.8 Å². The first-order chi connectivity index (χ1) is 13.2. The minimum atomic E-state index is 0.144. The van der Waals surface area contributed by atoms with Crippen LogP contribution in [0.5, 0.6) is 11.5 Å². The van der Waals surface area contributed by atoms with Crippen molar-refractivity contribution in [2.45, 2.75) is 65.4 Å². The van der Waals surface area contributed by atoms with Crippen LogP contribution in [-0.4, -0.2) is 19.3 Å². The largest absolute Gasteiger partial charge is 0.494 e. The summed E-state index contributed by atoms with van der Waals surface area (Å²) in [7, 11) is 0. The van der Waals surface area contributed by atoms with Gasteiger partial charge in [0.15, 0.2) is 0 Å². The molecule has 0 aromatic heterocycles. The summed E-state index contributed by atoms with van der Waals surface area (Å²) in [4.78, 5) is 0. The Bertz CT molecular complexity index is 639. The van der Waals surface area contributed by atoms with Crippen molar-refractivity contribution in [3.05, 3.63) is 54.1 Å². The Morgan fingerprint density at radius 1 is 0.889 bits per heavy atom. The maximum Gasteiger partial charge on any atom is 0.122 e. The Labute approximate surface area is 165 Å². The number of anilines is 1. The summed E-state index contributed by atoms with van der Waals surface area (Å²) in [6, 6.07) is 16.4. The van der Waals surface area contributed by atoms with E-state index in [9.17, 15) is 0 Å². The van der Waals surface area contributed by atoms with E-state index in [1.54, 1.807) is 0 Å². The molecule has 0 saturated heterocycles. The van der Waals surface area contributed by atoms with E-state index in [1.807, 2.05) is 30.3 Å². The van der Waals surface area contributed by atoms with Gasteiger partial charge >= 0.3 is 0 Å². The molecular formula is C24H35NO2. The van der Waals surface area contributed by atoms with Crippen molar-refractivity contribution in [3.8, 4) is 11.5 Å². The third-order valence-corrected chi connectivity index (χ3v) is 4.75. The molecule has 3 heteroatoms. The zero-order chi connectivity index (χ0) is 19.3. The topological polar surface area (TPSA) is 30.5 Å². The van der Waals surface area contributed by atoms with E-state index in [0.29, 0.717) is 0 Å². The van der Waals surface area contributed by atoms with Gasteiger partial charge in [-0.3, -0.25) is 0 Å². The molecule has 1 atom stereocenters. The monoisotopic (exact) mass is 369 g/mol. The molecule has 1 unspecified atom stereocenters. The lowest BCUT2D eigenvalue weighted by molar-refractivity contribution is 0.208. The van der Waals surface area contributed by atoms with Crippen molar-refractivity contribution in [1.29, 1.82) is 0 Å². The Kier molecular flexibility index (Phi) is 9.61. The van der Waals surface area contributed by atoms with E-state index in [-0.39, 0.29) is 6.10 Å². The molecule has 0 heterocycles. The molecular weight excluding hydrogens is 334 g/mol. The number of benzene rings is 2. The highest BCUT2D eigenvalue weighted by Gasteiger charge is 2.09. The molecule has 0 aliphatic heterocycles. The molecule has 0 amide bonds. The van der Waals surface area contributed by atoms with Crippen LogP contribution in [0.25, 0.3) is 0 Å². The van der Waals surface area contributed by atoms with Gasteiger partial charge in [-0.15, -0.1) is 0 Å². The first kappa shape index (κ1) is 21.1. The van der Waals surface area contributed by atoms with E-state index in [2.05, 4.69) is 44.3 Å². The van der Waals surface area contributed by atoms with Gasteiger partial charge in [0, 0.05) is 5.69 Å². The molecule has 1 N–H and O–H groups in total. The third-order valence-electron chi connectivity index (χ3n) is 4.75. The van der Waals surface area contributed by atoms with Crippen LogP contribution in [0.2, 0.25) is 0 Å². The summed E-state index contributed by atoms with van der Waals surface area (Å²) in [6.07, 6.45) is 7.41. The second-order valence-corrected chi connectivity index (χ2v) is 7.08. The van der Waals surface area contributed by atoms with Gasteiger partial charge in [-0.1, -0.05) is 57.7 Å². The average Bonchev–Trinajstić information content (AvgIpc) is 2.70. The van der Waals surface area contributed by atoms with E-state index in [0.717, 1.165) is 43.2 Å². The van der Waals surface area contributed by atoms with E-state index in [1.165, 1.54) is 31.2 Å². The Hall–Kier alpha value is -2.16. The molecule has 3 nitrogen and oxygen atoms in total. The Morgan fingerprint density at radius 3 is 2.33 bits per heavy atom. The minimum Gasteiger partial charge on any atom is -0.494 e. The predicted molar refractivity (Wildman–Crippen MR) is 115 cm³/mol. The van der Waals surface area contributed by atoms with Crippen LogP contribution in [0.15, 0.2) is 48.5 Å². The summed E-state index contributed by atoms with van der Waals surface area (Å²) < 4.78 is 12.0. The quantitative estimate of drug-likeness (QED) is 0.403. The smallest absolute Gasteiger partial charge is 0.122 e. The highest BCUT2D eigenvalue weighted by Crippen LogP contribution is 2.20. The number of nitrogens with one attached hydrogen (secondary N) is 1. The van der Waals surface area contributed by atoms with Gasteiger partial charge in [-0.2, -0.15) is 0 Å². The van der Waals surface area contributed by atoms with Crippen molar-refractivity contribution >= 4 is 5.69 Å². The van der Waals surface area contributed by atoms with Gasteiger partial charge in [0.25, 0.3) is 0 Å². The molecule has 148 valence electrons. The number of hydrogen-bond donors (Lipinski definition) is 1. The molecule has 0 aliphatic carbocycles. The van der Waals surface area contributed by atoms with Crippen molar-refractivity contribution in [1.82, 2.24) is 0 Å². The zero-order valence-corrected chi connectivity index (χ0v) is 17.2. The SMILES string of the molecule is CCCCCCCOc1ccc(NCC(CC)Oc2ccccc2C)cc1. The highest BCUT2D eigenvalue weighted by atomic mass is 16.5. The van der Waals surface area contributed by atoms with Gasteiger partial charge in [0.05, 0.1) is 13.2 Å². The van der Waals surface area contributed by atoms with Gasteiger partial charge in [0.1, 0.15) is 17.6 Å². The fourth-order valence-electron chi connectivity index (χ4n) is 2.93. The zero-order valence-electron chi connectivity index (χ0n) is 17.2. The third kappa shape index (κ3) is 7.94. The lowest BCUT2D eigenvalue weighted by atomic mass is 10.2. The van der Waals surface area contributed by atoms with Crippen molar-refractivity contribution in [2.75, 3.05) is 18.5 Å². The molecule has 0 bridgehead atoms. The van der Waals surface area contributed by atoms with Gasteiger partial charge in [-0.05, 0) is 55.7 Å². The standard InChI is InChI=1S/C24H35NO2/c1-4-6-7-8-11-18-26-23-16-14-21(15-17-23)25-19-22(5-2)27-24-13-10-9-12-20(24)3/h9-10,12-17,22,25H,4-8,11,18-19H2,1-3H3. The maximum absolute atomic E-state index is 6.15. The van der Waals surface area contributed by atoms with E-state index < -0.39 is 0 Å². The number of para-hydroxylation sites is 1. The van der Waals surface area contributed by atoms with Crippen LogP contribution >= 0.6 is 0 Å². The van der Waals surface area contributed by atoms with Crippen LogP contribution in [-0.2, 0) is 0 Å². The van der Waals surface area contributed by atoms with E-state index in [4.69, 9.17) is 9.47 Å². The van der Waals surface area contributed by atoms with Crippen molar-refractivity contribution < 1.29 is 9.47 Å². The summed E-state index contributed by atoms with van der Waals surface area (Å²) in [6.45, 7) is 8.06. The van der Waals surface area contributed by atoms with E-state index >= 15 is 0 Å². The number of rotatable bonds is 13. The normalized spacial score (nSPS) is 11.8. The Morgan fingerprint density at radius 2 is 1.63 bits per heavy atom. The predicted octanol–water partition coefficient (Wildman–Crippen LogP) is 6.61. The second-order valence-electron chi connectivity index (χ2n) is 7.08. The summed E-state index contributed by atoms with van der Waals surface area (Å²) in [5, 5.41) is 3.47. The fraction of sp³-hybridized carbons (Fsp3) is 0.500. The lowest BCUT2D eigenvalue weighted by Gasteiger charge is -2.20. The van der Waals surface area contributed by atoms with Crippen LogP contribution in [0.3, 0.4) is 0 Å². The number of ether oxygens (including phenoxy) is 2. The summed E-state index contributed by atoms with van der Waals surface area (Å²) in [5.74, 6) is 1.91. The van der Waals surface area contributed by atoms with Gasteiger partial charge in [-0.25, -0.2) is 0 Å². The molecule has 0 fully saturated rings. The molecule has 2 aromatic carbocycles. The highest BCUT2D eigenvalue weighted by molar-refractivity contribution is 5.46. The first-order valence-corrected chi connectivity index (χ1v) is 10.4. The molecule has 2 aromatic rings. The van der Waals surface area contributed by atoms with Crippen LogP contribution in [0, 0.1) is 6.92 Å². The molecule has 27 heavy (non-hydrogen) atoms. The molecule has 0 saturated carbocycles. The van der Waals surface area contributed by atoms with Crippen molar-refractivity contribution in [3.63, 3.8) is 0 Å². The molecule has 0 spiro atoms. The number of unbranched alkanes of at least 4 members (excludes halogenated alkanes) is 4. The second kappa shape index (κ2) is 12.3. The molecule has 0 aliphatic rings. The molecule has 2 rings (SSSR count). The van der Waals surface area contributed by atoms with Crippen LogP contribution in [0.1, 0.15) is 57.9 Å². The van der Waals surface area contributed by atoms with Crippen molar-refractivity contribution in [2.24, 2.45) is 0 Å². The number of aryl methyl sites for hydroxylation is 1. The summed E-state index contributed by atoms with van der Waals surface area (Å²) in [5.41, 5.74) is 2.27. The summed E-state index contributed by atoms with van der Waals surface area (Å²) >= 11 is 0. The van der Waals surface area contributed by atoms with Gasteiger partial charge in [0.2, 0.25) is 0 Å². The minimum absolute atomic E-state index is 0.144. The molecule has 0 radical (unpaired) electrons. The van der Waals surface area contributed by atoms with Crippen LogP contribution < -0.4 is 14.8 Å². The maximum atomic E-state index is 6.15. The fourth-order valence-corrected chi connectivity index (χ4v) is 2.93.